The van der Waals surface area contributed by atoms with E-state index in [1.165, 1.54) is 0 Å². The van der Waals surface area contributed by atoms with E-state index in [-0.39, 0.29) is 4.99 Å². The fourth-order valence-corrected chi connectivity index (χ4v) is 1.44. The summed E-state index contributed by atoms with van der Waals surface area (Å²) in [5.41, 5.74) is 0. The van der Waals surface area contributed by atoms with Crippen LogP contribution < -0.4 is 0 Å². The summed E-state index contributed by atoms with van der Waals surface area (Å²) < 4.78 is 15.7. The summed E-state index contributed by atoms with van der Waals surface area (Å²) in [5, 5.41) is 0. The Bertz CT molecular complexity index is 97.0. The van der Waals surface area contributed by atoms with Gasteiger partial charge in [-0.05, 0) is 13.3 Å². The third-order valence-electron chi connectivity index (χ3n) is 0.945. The molecule has 4 heteroatoms. The normalized spacial score (nSPS) is 17.2. The zero-order chi connectivity index (χ0) is 7.28. The van der Waals surface area contributed by atoms with Crippen LogP contribution in [-0.4, -0.2) is 11.6 Å². The van der Waals surface area contributed by atoms with E-state index in [1.807, 2.05) is 13.8 Å². The van der Waals surface area contributed by atoms with Crippen molar-refractivity contribution in [2.45, 2.75) is 25.3 Å². The second-order valence-corrected chi connectivity index (χ2v) is 4.41. The molecule has 2 nitrogen and oxygen atoms in total. The van der Waals surface area contributed by atoms with Gasteiger partial charge in [0.2, 0.25) is 8.03 Å². The summed E-state index contributed by atoms with van der Waals surface area (Å²) in [6.07, 6.45) is 0.806. The van der Waals surface area contributed by atoms with Crippen LogP contribution in [0.2, 0.25) is 0 Å². The Labute approximate surface area is 62.3 Å². The molecule has 0 aliphatic carbocycles. The first-order valence-electron chi connectivity index (χ1n) is 3.07. The molecule has 0 saturated heterocycles. The van der Waals surface area contributed by atoms with Gasteiger partial charge in [0, 0.05) is 0 Å². The van der Waals surface area contributed by atoms with Crippen LogP contribution in [0.15, 0.2) is 0 Å². The van der Waals surface area contributed by atoms with Crippen molar-refractivity contribution in [3.05, 3.63) is 0 Å². The molecule has 0 amide bonds. The molecular formula is C5H13O2PS. The summed E-state index contributed by atoms with van der Waals surface area (Å²) in [4.78, 5) is -0.0602. The first-order chi connectivity index (χ1) is 4.22. The van der Waals surface area contributed by atoms with Crippen LogP contribution in [0.25, 0.3) is 0 Å². The first-order valence-corrected chi connectivity index (χ1v) is 4.98. The summed E-state index contributed by atoms with van der Waals surface area (Å²) in [6, 6.07) is 0. The van der Waals surface area contributed by atoms with Gasteiger partial charge in [0.15, 0.2) is 0 Å². The van der Waals surface area contributed by atoms with Crippen LogP contribution in [0.1, 0.15) is 20.3 Å². The van der Waals surface area contributed by atoms with Crippen molar-refractivity contribution in [3.8, 4) is 0 Å². The Morgan fingerprint density at radius 1 is 1.67 bits per heavy atom. The Kier molecular flexibility index (Phi) is 5.65. The van der Waals surface area contributed by atoms with Crippen molar-refractivity contribution in [3.63, 3.8) is 0 Å². The van der Waals surface area contributed by atoms with Crippen LogP contribution in [-0.2, 0) is 9.09 Å². The molecule has 0 spiro atoms. The topological polar surface area (TPSA) is 26.3 Å². The molecule has 0 aromatic carbocycles. The molecule has 2 unspecified atom stereocenters. The molecule has 0 heterocycles. The lowest BCUT2D eigenvalue weighted by atomic mass is 10.6. The van der Waals surface area contributed by atoms with Crippen molar-refractivity contribution < 1.29 is 9.09 Å². The second kappa shape index (κ2) is 5.33. The Morgan fingerprint density at radius 3 is 2.56 bits per heavy atom. The molecule has 0 aromatic heterocycles. The molecule has 0 aromatic rings. The van der Waals surface area contributed by atoms with Crippen molar-refractivity contribution in [2.24, 2.45) is 0 Å². The largest absolute Gasteiger partial charge is 0.330 e. The number of thiol groups is 1. The fourth-order valence-electron chi connectivity index (χ4n) is 0.405. The van der Waals surface area contributed by atoms with E-state index in [0.29, 0.717) is 6.61 Å². The lowest BCUT2D eigenvalue weighted by Crippen LogP contribution is -1.90. The second-order valence-electron chi connectivity index (χ2n) is 1.68. The molecule has 2 atom stereocenters. The van der Waals surface area contributed by atoms with Crippen LogP contribution >= 0.6 is 20.7 Å². The average Bonchev–Trinajstić information content (AvgIpc) is 1.87. The van der Waals surface area contributed by atoms with E-state index in [4.69, 9.17) is 4.52 Å². The predicted molar refractivity (Wildman–Crippen MR) is 43.7 cm³/mol. The van der Waals surface area contributed by atoms with Crippen molar-refractivity contribution in [2.75, 3.05) is 6.61 Å². The lowest BCUT2D eigenvalue weighted by molar-refractivity contribution is 0.348. The van der Waals surface area contributed by atoms with E-state index >= 15 is 0 Å². The molecule has 0 aliphatic heterocycles. The maximum Gasteiger partial charge on any atom is 0.203 e. The smallest absolute Gasteiger partial charge is 0.203 e. The van der Waals surface area contributed by atoms with Gasteiger partial charge in [0.05, 0.1) is 11.6 Å². The van der Waals surface area contributed by atoms with Gasteiger partial charge in [-0.25, -0.2) is 0 Å². The van der Waals surface area contributed by atoms with Gasteiger partial charge in [0.1, 0.15) is 0 Å². The molecule has 0 fully saturated rings. The minimum absolute atomic E-state index is 0.0602. The third-order valence-corrected chi connectivity index (χ3v) is 3.47. The minimum Gasteiger partial charge on any atom is -0.330 e. The fraction of sp³-hybridized carbons (Fsp3) is 1.00. The Hall–Kier alpha value is 0.540. The van der Waals surface area contributed by atoms with Crippen molar-refractivity contribution in [1.82, 2.24) is 0 Å². The summed E-state index contributed by atoms with van der Waals surface area (Å²) in [5.74, 6) is 0. The van der Waals surface area contributed by atoms with E-state index < -0.39 is 8.03 Å². The third kappa shape index (κ3) is 4.01. The molecule has 0 rings (SSSR count). The van der Waals surface area contributed by atoms with Crippen LogP contribution in [0.4, 0.5) is 0 Å². The standard InChI is InChI=1S/C5H13O2PS/c1-3-5(9)8(6)7-4-2/h5,8-9H,3-4H2,1-2H3. The lowest BCUT2D eigenvalue weighted by Gasteiger charge is -2.05. The van der Waals surface area contributed by atoms with Gasteiger partial charge >= 0.3 is 0 Å². The highest BCUT2D eigenvalue weighted by Crippen LogP contribution is 2.33. The molecule has 56 valence electrons. The van der Waals surface area contributed by atoms with E-state index in [9.17, 15) is 4.57 Å². The van der Waals surface area contributed by atoms with E-state index in [2.05, 4.69) is 12.6 Å². The van der Waals surface area contributed by atoms with Gasteiger partial charge in [-0.15, -0.1) is 0 Å². The summed E-state index contributed by atoms with van der Waals surface area (Å²) in [6.45, 7) is 4.30. The first kappa shape index (κ1) is 9.54. The van der Waals surface area contributed by atoms with E-state index in [1.54, 1.807) is 0 Å². The highest BCUT2D eigenvalue weighted by molar-refractivity contribution is 7.87. The zero-order valence-electron chi connectivity index (χ0n) is 5.76. The van der Waals surface area contributed by atoms with Gasteiger partial charge in [-0.3, -0.25) is 4.57 Å². The van der Waals surface area contributed by atoms with Gasteiger partial charge in [0.25, 0.3) is 0 Å². The van der Waals surface area contributed by atoms with Gasteiger partial charge in [-0.1, -0.05) is 6.92 Å². The van der Waals surface area contributed by atoms with Crippen LogP contribution in [0, 0.1) is 0 Å². The number of hydrogen-bond acceptors (Lipinski definition) is 3. The van der Waals surface area contributed by atoms with E-state index in [0.717, 1.165) is 6.42 Å². The molecule has 0 saturated carbocycles. The minimum atomic E-state index is -1.85. The van der Waals surface area contributed by atoms with Gasteiger partial charge < -0.3 is 4.52 Å². The molecular weight excluding hydrogens is 155 g/mol. The molecule has 0 N–H and O–H groups in total. The molecule has 9 heavy (non-hydrogen) atoms. The van der Waals surface area contributed by atoms with Crippen LogP contribution in [0.3, 0.4) is 0 Å². The maximum atomic E-state index is 10.9. The highest BCUT2D eigenvalue weighted by Gasteiger charge is 2.07. The van der Waals surface area contributed by atoms with Crippen molar-refractivity contribution in [1.29, 1.82) is 0 Å². The quantitative estimate of drug-likeness (QED) is 0.514. The SMILES string of the molecule is CCO[PH](=O)C(S)CC. The zero-order valence-corrected chi connectivity index (χ0v) is 7.65. The predicted octanol–water partition coefficient (Wildman–Crippen LogP) is 2.16. The number of rotatable bonds is 4. The highest BCUT2D eigenvalue weighted by atomic mass is 32.1. The summed E-state index contributed by atoms with van der Waals surface area (Å²) in [7, 11) is -1.85. The average molecular weight is 168 g/mol. The van der Waals surface area contributed by atoms with Crippen LogP contribution in [0.5, 0.6) is 0 Å². The molecule has 0 bridgehead atoms. The molecule has 0 radical (unpaired) electrons. The number of hydrogen-bond donors (Lipinski definition) is 1. The molecule has 0 aliphatic rings. The Morgan fingerprint density at radius 2 is 2.22 bits per heavy atom. The van der Waals surface area contributed by atoms with Crippen molar-refractivity contribution >= 4 is 20.7 Å². The summed E-state index contributed by atoms with van der Waals surface area (Å²) >= 11 is 4.07. The Balaban J connectivity index is 3.46. The monoisotopic (exact) mass is 168 g/mol. The van der Waals surface area contributed by atoms with Gasteiger partial charge in [-0.2, -0.15) is 12.6 Å². The maximum absolute atomic E-state index is 10.9.